The van der Waals surface area contributed by atoms with Crippen LogP contribution in [0.5, 0.6) is 0 Å². The number of carbonyl (C=O) groups is 1. The van der Waals surface area contributed by atoms with Gasteiger partial charge in [0.25, 0.3) is 5.56 Å². The third-order valence-corrected chi connectivity index (χ3v) is 3.98. The van der Waals surface area contributed by atoms with Crippen molar-refractivity contribution in [2.75, 3.05) is 0 Å². The maximum Gasteiger partial charge on any atom is 0.264 e. The Bertz CT molecular complexity index is 711. The van der Waals surface area contributed by atoms with Crippen molar-refractivity contribution in [3.63, 3.8) is 0 Å². The van der Waals surface area contributed by atoms with Crippen LogP contribution in [-0.2, 0) is 6.54 Å². The lowest BCUT2D eigenvalue weighted by Gasteiger charge is -2.07. The van der Waals surface area contributed by atoms with Gasteiger partial charge in [0.05, 0.1) is 4.47 Å². The largest absolute Gasteiger partial charge is 0.313 e. The van der Waals surface area contributed by atoms with Crippen LogP contribution in [0.25, 0.3) is 0 Å². The topological polar surface area (TPSA) is 39.1 Å². The summed E-state index contributed by atoms with van der Waals surface area (Å²) < 4.78 is 15.6. The molecule has 1 heterocycles. The van der Waals surface area contributed by atoms with Crippen molar-refractivity contribution in [3.05, 3.63) is 67.2 Å². The molecule has 0 aliphatic heterocycles. The second kappa shape index (κ2) is 7.13. The van der Waals surface area contributed by atoms with Crippen LogP contribution in [0.3, 0.4) is 0 Å². The van der Waals surface area contributed by atoms with E-state index in [1.807, 2.05) is 0 Å². The molecule has 3 nitrogen and oxygen atoms in total. The van der Waals surface area contributed by atoms with Gasteiger partial charge in [-0.2, -0.15) is 0 Å². The molecule has 0 fully saturated rings. The summed E-state index contributed by atoms with van der Waals surface area (Å²) in [6.07, 6.45) is 2.54. The van der Waals surface area contributed by atoms with Crippen molar-refractivity contribution >= 4 is 37.6 Å². The van der Waals surface area contributed by atoms with E-state index in [9.17, 15) is 14.0 Å². The number of aromatic nitrogens is 1. The number of ketones is 1. The molecule has 21 heavy (non-hydrogen) atoms. The first kappa shape index (κ1) is 16.1. The summed E-state index contributed by atoms with van der Waals surface area (Å²) in [4.78, 5) is 23.8. The zero-order chi connectivity index (χ0) is 15.4. The standard InChI is InChI=1S/C15H12Br2FNO2/c16-11-8-13(17)15(21)19(9-11)7-1-2-14(20)10-3-5-12(18)6-4-10/h3-6,8-9H,1-2,7H2. The van der Waals surface area contributed by atoms with E-state index in [0.29, 0.717) is 29.4 Å². The minimum absolute atomic E-state index is 0.0582. The molecule has 0 radical (unpaired) electrons. The highest BCUT2D eigenvalue weighted by molar-refractivity contribution is 9.11. The van der Waals surface area contributed by atoms with E-state index in [2.05, 4.69) is 31.9 Å². The third kappa shape index (κ3) is 4.35. The fourth-order valence-electron chi connectivity index (χ4n) is 1.92. The normalized spacial score (nSPS) is 10.6. The zero-order valence-electron chi connectivity index (χ0n) is 11.0. The summed E-state index contributed by atoms with van der Waals surface area (Å²) in [7, 11) is 0. The van der Waals surface area contributed by atoms with Crippen molar-refractivity contribution in [2.24, 2.45) is 0 Å². The molecule has 0 aliphatic rings. The Morgan fingerprint density at radius 2 is 1.86 bits per heavy atom. The van der Waals surface area contributed by atoms with Crippen molar-refractivity contribution in [2.45, 2.75) is 19.4 Å². The van der Waals surface area contributed by atoms with E-state index >= 15 is 0 Å². The fraction of sp³-hybridized carbons (Fsp3) is 0.200. The van der Waals surface area contributed by atoms with E-state index in [0.717, 1.165) is 4.47 Å². The Morgan fingerprint density at radius 3 is 2.52 bits per heavy atom. The quantitative estimate of drug-likeness (QED) is 0.686. The van der Waals surface area contributed by atoms with Gasteiger partial charge in [-0.15, -0.1) is 0 Å². The molecule has 0 N–H and O–H groups in total. The predicted molar refractivity (Wildman–Crippen MR) is 86.1 cm³/mol. The first-order chi connectivity index (χ1) is 9.97. The summed E-state index contributed by atoms with van der Waals surface area (Å²) >= 11 is 6.51. The predicted octanol–water partition coefficient (Wildman–Crippen LogP) is 4.18. The van der Waals surface area contributed by atoms with Crippen molar-refractivity contribution in [3.8, 4) is 0 Å². The Hall–Kier alpha value is -1.27. The molecule has 110 valence electrons. The Balaban J connectivity index is 1.97. The molecule has 0 amide bonds. The summed E-state index contributed by atoms with van der Waals surface area (Å²) in [5.41, 5.74) is 0.353. The molecule has 2 aromatic rings. The van der Waals surface area contributed by atoms with Gasteiger partial charge in [-0.25, -0.2) is 4.39 Å². The van der Waals surface area contributed by atoms with Gasteiger partial charge in [0.1, 0.15) is 5.82 Å². The van der Waals surface area contributed by atoms with Gasteiger partial charge in [-0.1, -0.05) is 0 Å². The highest BCUT2D eigenvalue weighted by atomic mass is 79.9. The average Bonchev–Trinajstić information content (AvgIpc) is 2.44. The number of aryl methyl sites for hydroxylation is 1. The van der Waals surface area contributed by atoms with Crippen LogP contribution in [-0.4, -0.2) is 10.4 Å². The number of hydrogen-bond acceptors (Lipinski definition) is 2. The molecule has 0 aliphatic carbocycles. The SMILES string of the molecule is O=C(CCCn1cc(Br)cc(Br)c1=O)c1ccc(F)cc1. The molecular formula is C15H12Br2FNO2. The number of rotatable bonds is 5. The maximum atomic E-state index is 12.8. The van der Waals surface area contributed by atoms with Gasteiger partial charge in [0.2, 0.25) is 0 Å². The number of pyridine rings is 1. The molecule has 2 rings (SSSR count). The second-order valence-corrected chi connectivity index (χ2v) is 6.31. The lowest BCUT2D eigenvalue weighted by molar-refractivity contribution is 0.0978. The molecule has 0 saturated heterocycles. The highest BCUT2D eigenvalue weighted by Crippen LogP contribution is 2.13. The molecule has 0 saturated carbocycles. The van der Waals surface area contributed by atoms with E-state index in [4.69, 9.17) is 0 Å². The van der Waals surface area contributed by atoms with Gasteiger partial charge in [-0.3, -0.25) is 9.59 Å². The molecule has 1 aromatic carbocycles. The highest BCUT2D eigenvalue weighted by Gasteiger charge is 2.07. The lowest BCUT2D eigenvalue weighted by atomic mass is 10.1. The number of benzene rings is 1. The first-order valence-electron chi connectivity index (χ1n) is 6.31. The van der Waals surface area contributed by atoms with Crippen molar-refractivity contribution < 1.29 is 9.18 Å². The maximum absolute atomic E-state index is 12.8. The van der Waals surface area contributed by atoms with Crippen LogP contribution in [0.4, 0.5) is 4.39 Å². The number of hydrogen-bond donors (Lipinski definition) is 0. The summed E-state index contributed by atoms with van der Waals surface area (Å²) in [5, 5.41) is 0. The van der Waals surface area contributed by atoms with Gasteiger partial charge in [0, 0.05) is 29.2 Å². The summed E-state index contributed by atoms with van der Waals surface area (Å²) in [6, 6.07) is 7.16. The smallest absolute Gasteiger partial charge is 0.264 e. The first-order valence-corrected chi connectivity index (χ1v) is 7.90. The van der Waals surface area contributed by atoms with Crippen LogP contribution in [0.1, 0.15) is 23.2 Å². The van der Waals surface area contributed by atoms with Crippen LogP contribution in [0.15, 0.2) is 50.3 Å². The molecule has 0 unspecified atom stereocenters. The molecule has 0 bridgehead atoms. The van der Waals surface area contributed by atoms with Gasteiger partial charge < -0.3 is 4.57 Å². The number of halogens is 3. The minimum Gasteiger partial charge on any atom is -0.313 e. The van der Waals surface area contributed by atoms with E-state index < -0.39 is 0 Å². The monoisotopic (exact) mass is 415 g/mol. The van der Waals surface area contributed by atoms with Gasteiger partial charge in [0.15, 0.2) is 5.78 Å². The molecule has 0 spiro atoms. The van der Waals surface area contributed by atoms with Crippen LogP contribution < -0.4 is 5.56 Å². The lowest BCUT2D eigenvalue weighted by Crippen LogP contribution is -2.20. The zero-order valence-corrected chi connectivity index (χ0v) is 14.2. The third-order valence-electron chi connectivity index (χ3n) is 2.98. The van der Waals surface area contributed by atoms with Gasteiger partial charge >= 0.3 is 0 Å². The minimum atomic E-state index is -0.364. The van der Waals surface area contributed by atoms with Crippen LogP contribution in [0.2, 0.25) is 0 Å². The summed E-state index contributed by atoms with van der Waals surface area (Å²) in [5.74, 6) is -0.422. The Labute approximate surface area is 138 Å². The average molecular weight is 417 g/mol. The Morgan fingerprint density at radius 1 is 1.19 bits per heavy atom. The van der Waals surface area contributed by atoms with E-state index in [1.54, 1.807) is 16.8 Å². The number of nitrogens with zero attached hydrogens (tertiary/aromatic N) is 1. The molecule has 0 atom stereocenters. The number of carbonyl (C=O) groups excluding carboxylic acids is 1. The van der Waals surface area contributed by atoms with Crippen LogP contribution in [0, 0.1) is 5.82 Å². The van der Waals surface area contributed by atoms with Crippen molar-refractivity contribution in [1.82, 2.24) is 4.57 Å². The van der Waals surface area contributed by atoms with Crippen molar-refractivity contribution in [1.29, 1.82) is 0 Å². The Kier molecular flexibility index (Phi) is 5.47. The van der Waals surface area contributed by atoms with Crippen LogP contribution >= 0.6 is 31.9 Å². The fourth-order valence-corrected chi connectivity index (χ4v) is 3.18. The molecule has 1 aromatic heterocycles. The molecule has 6 heteroatoms. The number of Topliss-reactive ketones (excluding diaryl/α,β-unsaturated/α-hetero) is 1. The van der Waals surface area contributed by atoms with E-state index in [1.165, 1.54) is 24.3 Å². The van der Waals surface area contributed by atoms with Gasteiger partial charge in [-0.05, 0) is 68.6 Å². The summed E-state index contributed by atoms with van der Waals surface area (Å²) in [6.45, 7) is 0.448. The molecular weight excluding hydrogens is 405 g/mol. The second-order valence-electron chi connectivity index (χ2n) is 4.54. The van der Waals surface area contributed by atoms with E-state index in [-0.39, 0.29) is 17.2 Å².